The number of hydrogen-bond donors (Lipinski definition) is 2. The summed E-state index contributed by atoms with van der Waals surface area (Å²) in [6.07, 6.45) is 0.591. The number of methoxy groups -OCH3 is 1. The zero-order chi connectivity index (χ0) is 18.7. The van der Waals surface area contributed by atoms with Crippen LogP contribution in [0.1, 0.15) is 21.5 Å². The van der Waals surface area contributed by atoms with Gasteiger partial charge in [-0.05, 0) is 60.9 Å². The molecule has 0 radical (unpaired) electrons. The lowest BCUT2D eigenvalue weighted by atomic mass is 9.95. The van der Waals surface area contributed by atoms with Gasteiger partial charge in [-0.15, -0.1) is 0 Å². The minimum absolute atomic E-state index is 0.103. The summed E-state index contributed by atoms with van der Waals surface area (Å²) in [5.74, 6) is 0.995. The van der Waals surface area contributed by atoms with Crippen molar-refractivity contribution in [2.75, 3.05) is 26.1 Å². The average Bonchev–Trinajstić information content (AvgIpc) is 2.67. The molecule has 0 aromatic heterocycles. The first kappa shape index (κ1) is 17.8. The van der Waals surface area contributed by atoms with Crippen LogP contribution in [0.4, 0.5) is 5.69 Å². The first-order valence-corrected chi connectivity index (χ1v) is 8.45. The summed E-state index contributed by atoms with van der Waals surface area (Å²) >= 11 is 0. The summed E-state index contributed by atoms with van der Waals surface area (Å²) in [4.78, 5) is 24.3. The summed E-state index contributed by atoms with van der Waals surface area (Å²) in [5.41, 5.74) is 3.05. The van der Waals surface area contributed by atoms with Gasteiger partial charge in [-0.25, -0.2) is 0 Å². The summed E-state index contributed by atoms with van der Waals surface area (Å²) in [7, 11) is 3.20. The molecule has 1 aliphatic rings. The molecule has 26 heavy (non-hydrogen) atoms. The highest BCUT2D eigenvalue weighted by molar-refractivity contribution is 5.97. The van der Waals surface area contributed by atoms with E-state index in [1.165, 1.54) is 0 Å². The zero-order valence-corrected chi connectivity index (χ0v) is 15.1. The van der Waals surface area contributed by atoms with E-state index < -0.39 is 0 Å². The van der Waals surface area contributed by atoms with E-state index in [0.29, 0.717) is 24.3 Å². The molecule has 0 bridgehead atoms. The molecule has 0 spiro atoms. The number of nitrogens with one attached hydrogen (secondary N) is 2. The molecular formula is C20H22N2O4. The number of rotatable bonds is 4. The quantitative estimate of drug-likeness (QED) is 0.885. The molecule has 0 saturated carbocycles. The maximum absolute atomic E-state index is 12.7. The molecule has 3 rings (SSSR count). The highest BCUT2D eigenvalue weighted by Gasteiger charge is 2.26. The first-order valence-electron chi connectivity index (χ1n) is 8.45. The second-order valence-corrected chi connectivity index (χ2v) is 6.28. The molecule has 1 aliphatic heterocycles. The molecule has 2 amide bonds. The maximum Gasteiger partial charge on any atom is 0.251 e. The lowest BCUT2D eigenvalue weighted by Crippen LogP contribution is -2.32. The first-order chi connectivity index (χ1) is 12.5. The van der Waals surface area contributed by atoms with Gasteiger partial charge in [0, 0.05) is 18.3 Å². The summed E-state index contributed by atoms with van der Waals surface area (Å²) in [6, 6.07) is 10.8. The standard InChI is InChI=1S/C20H22N2O4/c1-12-8-13(19(23)21-2)4-6-17(12)22-20(24)15-9-14-10-16(25-3)5-7-18(14)26-11-15/h4-8,10,15H,9,11H2,1-3H3,(H,21,23)(H,22,24). The molecule has 6 nitrogen and oxygen atoms in total. The van der Waals surface area contributed by atoms with E-state index in [0.717, 1.165) is 22.6 Å². The number of carbonyl (C=O) groups is 2. The molecule has 0 fully saturated rings. The van der Waals surface area contributed by atoms with Crippen LogP contribution in [-0.4, -0.2) is 32.6 Å². The number of amides is 2. The Hall–Kier alpha value is -3.02. The smallest absolute Gasteiger partial charge is 0.251 e. The van der Waals surface area contributed by atoms with Crippen LogP contribution in [0.25, 0.3) is 0 Å². The molecule has 2 aromatic rings. The molecule has 1 atom stereocenters. The highest BCUT2D eigenvalue weighted by Crippen LogP contribution is 2.31. The third-order valence-corrected chi connectivity index (χ3v) is 4.52. The maximum atomic E-state index is 12.7. The van der Waals surface area contributed by atoms with Crippen molar-refractivity contribution in [2.45, 2.75) is 13.3 Å². The highest BCUT2D eigenvalue weighted by atomic mass is 16.5. The van der Waals surface area contributed by atoms with Crippen LogP contribution in [0, 0.1) is 12.8 Å². The van der Waals surface area contributed by atoms with E-state index in [9.17, 15) is 9.59 Å². The van der Waals surface area contributed by atoms with Gasteiger partial charge in [0.05, 0.1) is 13.0 Å². The van der Waals surface area contributed by atoms with Gasteiger partial charge in [0.2, 0.25) is 5.91 Å². The van der Waals surface area contributed by atoms with Crippen molar-refractivity contribution in [1.82, 2.24) is 5.32 Å². The Morgan fingerprint density at radius 1 is 1.19 bits per heavy atom. The Morgan fingerprint density at radius 3 is 2.69 bits per heavy atom. The summed E-state index contributed by atoms with van der Waals surface area (Å²) in [5, 5.41) is 5.53. The van der Waals surface area contributed by atoms with E-state index >= 15 is 0 Å². The van der Waals surface area contributed by atoms with Crippen LogP contribution in [0.2, 0.25) is 0 Å². The Kier molecular flexibility index (Phi) is 5.11. The fourth-order valence-corrected chi connectivity index (χ4v) is 2.99. The summed E-state index contributed by atoms with van der Waals surface area (Å²) < 4.78 is 11.0. The van der Waals surface area contributed by atoms with Crippen LogP contribution in [0.3, 0.4) is 0 Å². The van der Waals surface area contributed by atoms with Gasteiger partial charge in [0.25, 0.3) is 5.91 Å². The monoisotopic (exact) mass is 354 g/mol. The number of aryl methyl sites for hydroxylation is 1. The van der Waals surface area contributed by atoms with Crippen LogP contribution in [-0.2, 0) is 11.2 Å². The number of carbonyl (C=O) groups excluding carboxylic acids is 2. The van der Waals surface area contributed by atoms with Crippen molar-refractivity contribution in [3.05, 3.63) is 53.1 Å². The number of fused-ring (bicyclic) bond motifs is 1. The fraction of sp³-hybridized carbons (Fsp3) is 0.300. The molecule has 0 aliphatic carbocycles. The molecule has 2 aromatic carbocycles. The van der Waals surface area contributed by atoms with Gasteiger partial charge >= 0.3 is 0 Å². The minimum Gasteiger partial charge on any atom is -0.497 e. The molecule has 1 unspecified atom stereocenters. The molecule has 0 saturated heterocycles. The van der Waals surface area contributed by atoms with E-state index in [2.05, 4.69) is 10.6 Å². The zero-order valence-electron chi connectivity index (χ0n) is 15.1. The van der Waals surface area contributed by atoms with Crippen LogP contribution in [0.5, 0.6) is 11.5 Å². The fourth-order valence-electron chi connectivity index (χ4n) is 2.99. The van der Waals surface area contributed by atoms with Gasteiger partial charge in [0.15, 0.2) is 0 Å². The SMILES string of the molecule is CNC(=O)c1ccc(NC(=O)C2COc3ccc(OC)cc3C2)c(C)c1. The minimum atomic E-state index is -0.285. The van der Waals surface area contributed by atoms with E-state index in [-0.39, 0.29) is 17.7 Å². The molecule has 6 heteroatoms. The Morgan fingerprint density at radius 2 is 2.00 bits per heavy atom. The van der Waals surface area contributed by atoms with Crippen molar-refractivity contribution >= 4 is 17.5 Å². The van der Waals surface area contributed by atoms with Gasteiger partial charge in [-0.1, -0.05) is 0 Å². The number of ether oxygens (including phenoxy) is 2. The number of hydrogen-bond acceptors (Lipinski definition) is 4. The lowest BCUT2D eigenvalue weighted by Gasteiger charge is -2.25. The topological polar surface area (TPSA) is 76.7 Å². The second-order valence-electron chi connectivity index (χ2n) is 6.28. The molecule has 2 N–H and O–H groups in total. The Bertz CT molecular complexity index is 848. The van der Waals surface area contributed by atoms with E-state index in [4.69, 9.17) is 9.47 Å². The number of benzene rings is 2. The van der Waals surface area contributed by atoms with Crippen molar-refractivity contribution in [1.29, 1.82) is 0 Å². The van der Waals surface area contributed by atoms with Crippen molar-refractivity contribution in [3.63, 3.8) is 0 Å². The molecular weight excluding hydrogens is 332 g/mol. The third kappa shape index (κ3) is 3.64. The van der Waals surface area contributed by atoms with Gasteiger partial charge in [0.1, 0.15) is 18.1 Å². The van der Waals surface area contributed by atoms with Crippen molar-refractivity contribution < 1.29 is 19.1 Å². The van der Waals surface area contributed by atoms with Crippen LogP contribution < -0.4 is 20.1 Å². The van der Waals surface area contributed by atoms with E-state index in [1.54, 1.807) is 32.4 Å². The van der Waals surface area contributed by atoms with Crippen molar-refractivity contribution in [3.8, 4) is 11.5 Å². The predicted molar refractivity (Wildman–Crippen MR) is 98.9 cm³/mol. The largest absolute Gasteiger partial charge is 0.497 e. The average molecular weight is 354 g/mol. The molecule has 136 valence electrons. The van der Waals surface area contributed by atoms with Crippen LogP contribution in [0.15, 0.2) is 36.4 Å². The predicted octanol–water partition coefficient (Wildman–Crippen LogP) is 2.55. The van der Waals surface area contributed by atoms with E-state index in [1.807, 2.05) is 25.1 Å². The normalized spacial score (nSPS) is 15.4. The van der Waals surface area contributed by atoms with Crippen molar-refractivity contribution in [2.24, 2.45) is 5.92 Å². The summed E-state index contributed by atoms with van der Waals surface area (Å²) in [6.45, 7) is 2.19. The third-order valence-electron chi connectivity index (χ3n) is 4.52. The number of anilines is 1. The second kappa shape index (κ2) is 7.47. The Labute approximate surface area is 152 Å². The molecule has 1 heterocycles. The Balaban J connectivity index is 1.71. The van der Waals surface area contributed by atoms with Gasteiger partial charge in [-0.3, -0.25) is 9.59 Å². The van der Waals surface area contributed by atoms with Gasteiger partial charge in [-0.2, -0.15) is 0 Å². The van der Waals surface area contributed by atoms with Crippen LogP contribution >= 0.6 is 0 Å². The van der Waals surface area contributed by atoms with Gasteiger partial charge < -0.3 is 20.1 Å². The lowest BCUT2D eigenvalue weighted by molar-refractivity contribution is -0.121.